The van der Waals surface area contributed by atoms with Gasteiger partial charge in [0.1, 0.15) is 0 Å². The first-order valence-electron chi connectivity index (χ1n) is 3.53. The predicted octanol–water partition coefficient (Wildman–Crippen LogP) is 0.633. The van der Waals surface area contributed by atoms with E-state index in [1.54, 1.807) is 0 Å². The lowest BCUT2D eigenvalue weighted by Gasteiger charge is -2.49. The van der Waals surface area contributed by atoms with Gasteiger partial charge in [-0.15, -0.1) is 0 Å². The fraction of sp³-hybridized carbons (Fsp3) is 1.00. The van der Waals surface area contributed by atoms with Crippen LogP contribution in [-0.4, -0.2) is 24.7 Å². The van der Waals surface area contributed by atoms with Crippen molar-refractivity contribution in [1.82, 2.24) is 4.90 Å². The molecule has 1 fully saturated rings. The molecule has 1 aliphatic carbocycles. The molecule has 2 N–H and O–H groups in total. The summed E-state index contributed by atoms with van der Waals surface area (Å²) in [6.45, 7) is 2.21. The minimum Gasteiger partial charge on any atom is -0.313 e. The number of nitrogens with zero attached hydrogens (tertiary/aromatic N) is 1. The maximum absolute atomic E-state index is 6.02. The van der Waals surface area contributed by atoms with Gasteiger partial charge in [-0.3, -0.25) is 4.90 Å². The first-order valence-corrected chi connectivity index (χ1v) is 3.53. The third kappa shape index (κ3) is 0.864. The van der Waals surface area contributed by atoms with Crippen LogP contribution in [0.4, 0.5) is 0 Å². The standard InChI is InChI=1S/C7H16N2/c1-6-4-5-7(6,8)9(2)3/h6H,4-5,8H2,1-3H3. The summed E-state index contributed by atoms with van der Waals surface area (Å²) in [7, 11) is 4.10. The van der Waals surface area contributed by atoms with Crippen LogP contribution in [0, 0.1) is 5.92 Å². The molecule has 0 aromatic carbocycles. The van der Waals surface area contributed by atoms with Gasteiger partial charge in [0.25, 0.3) is 0 Å². The van der Waals surface area contributed by atoms with Crippen LogP contribution in [0.2, 0.25) is 0 Å². The molecule has 2 unspecified atom stereocenters. The average molecular weight is 128 g/mol. The van der Waals surface area contributed by atoms with E-state index in [1.165, 1.54) is 6.42 Å². The zero-order valence-electron chi connectivity index (χ0n) is 6.52. The van der Waals surface area contributed by atoms with Crippen molar-refractivity contribution in [3.05, 3.63) is 0 Å². The quantitative estimate of drug-likeness (QED) is 0.525. The van der Waals surface area contributed by atoms with Crippen LogP contribution in [0.5, 0.6) is 0 Å². The molecule has 2 atom stereocenters. The Balaban J connectivity index is 2.53. The van der Waals surface area contributed by atoms with Gasteiger partial charge in [0.15, 0.2) is 0 Å². The van der Waals surface area contributed by atoms with E-state index in [-0.39, 0.29) is 5.66 Å². The highest BCUT2D eigenvalue weighted by Crippen LogP contribution is 2.36. The SMILES string of the molecule is CC1CCC1(N)N(C)C. The minimum atomic E-state index is 0.0139. The van der Waals surface area contributed by atoms with E-state index in [0.29, 0.717) is 5.92 Å². The maximum atomic E-state index is 6.02. The van der Waals surface area contributed by atoms with Crippen molar-refractivity contribution in [3.63, 3.8) is 0 Å². The molecule has 0 amide bonds. The van der Waals surface area contributed by atoms with Crippen LogP contribution in [0.25, 0.3) is 0 Å². The summed E-state index contributed by atoms with van der Waals surface area (Å²) in [5.41, 5.74) is 6.03. The van der Waals surface area contributed by atoms with E-state index in [0.717, 1.165) is 6.42 Å². The largest absolute Gasteiger partial charge is 0.313 e. The number of rotatable bonds is 1. The van der Waals surface area contributed by atoms with Crippen LogP contribution in [0.3, 0.4) is 0 Å². The fourth-order valence-corrected chi connectivity index (χ4v) is 1.39. The highest BCUT2D eigenvalue weighted by Gasteiger charge is 2.41. The van der Waals surface area contributed by atoms with Gasteiger partial charge in [-0.1, -0.05) is 6.92 Å². The van der Waals surface area contributed by atoms with Crippen LogP contribution in [0.15, 0.2) is 0 Å². The Hall–Kier alpha value is -0.0800. The third-order valence-electron chi connectivity index (χ3n) is 2.66. The van der Waals surface area contributed by atoms with Crippen molar-refractivity contribution < 1.29 is 0 Å². The Bertz CT molecular complexity index is 105. The van der Waals surface area contributed by atoms with E-state index < -0.39 is 0 Å². The highest BCUT2D eigenvalue weighted by atomic mass is 15.2. The Morgan fingerprint density at radius 2 is 2.11 bits per heavy atom. The molecule has 0 bridgehead atoms. The van der Waals surface area contributed by atoms with Gasteiger partial charge in [-0.2, -0.15) is 0 Å². The first kappa shape index (κ1) is 7.03. The normalized spacial score (nSPS) is 43.0. The van der Waals surface area contributed by atoms with Gasteiger partial charge in [0.2, 0.25) is 0 Å². The van der Waals surface area contributed by atoms with Crippen LogP contribution < -0.4 is 5.73 Å². The molecule has 0 saturated heterocycles. The van der Waals surface area contributed by atoms with Crippen molar-refractivity contribution >= 4 is 0 Å². The molecule has 2 heteroatoms. The fourth-order valence-electron chi connectivity index (χ4n) is 1.39. The Kier molecular flexibility index (Phi) is 1.53. The Morgan fingerprint density at radius 1 is 1.56 bits per heavy atom. The topological polar surface area (TPSA) is 29.3 Å². The summed E-state index contributed by atoms with van der Waals surface area (Å²) < 4.78 is 0. The Labute approximate surface area is 57.0 Å². The van der Waals surface area contributed by atoms with Gasteiger partial charge in [-0.05, 0) is 32.9 Å². The van der Waals surface area contributed by atoms with Gasteiger partial charge >= 0.3 is 0 Å². The highest BCUT2D eigenvalue weighted by molar-refractivity contribution is 4.95. The monoisotopic (exact) mass is 128 g/mol. The molecule has 54 valence electrons. The van der Waals surface area contributed by atoms with Crippen molar-refractivity contribution in [2.75, 3.05) is 14.1 Å². The van der Waals surface area contributed by atoms with Gasteiger partial charge in [0, 0.05) is 0 Å². The zero-order valence-corrected chi connectivity index (χ0v) is 6.52. The molecule has 0 heterocycles. The van der Waals surface area contributed by atoms with E-state index in [9.17, 15) is 0 Å². The molecule has 0 aliphatic heterocycles. The van der Waals surface area contributed by atoms with E-state index in [2.05, 4.69) is 25.9 Å². The van der Waals surface area contributed by atoms with Gasteiger partial charge in [-0.25, -0.2) is 0 Å². The summed E-state index contributed by atoms with van der Waals surface area (Å²) in [6, 6.07) is 0. The molecule has 0 radical (unpaired) electrons. The van der Waals surface area contributed by atoms with Crippen molar-refractivity contribution in [1.29, 1.82) is 0 Å². The number of nitrogens with two attached hydrogens (primary N) is 1. The zero-order chi connectivity index (χ0) is 7.07. The summed E-state index contributed by atoms with van der Waals surface area (Å²) in [5, 5.41) is 0. The second-order valence-corrected chi connectivity index (χ2v) is 3.33. The van der Waals surface area contributed by atoms with Crippen LogP contribution >= 0.6 is 0 Å². The van der Waals surface area contributed by atoms with Crippen molar-refractivity contribution in [2.24, 2.45) is 11.7 Å². The lowest BCUT2D eigenvalue weighted by molar-refractivity contribution is 0.00306. The molecule has 1 rings (SSSR count). The lowest BCUT2D eigenvalue weighted by atomic mass is 9.74. The van der Waals surface area contributed by atoms with Crippen molar-refractivity contribution in [2.45, 2.75) is 25.4 Å². The van der Waals surface area contributed by atoms with E-state index >= 15 is 0 Å². The Morgan fingerprint density at radius 3 is 2.11 bits per heavy atom. The lowest BCUT2D eigenvalue weighted by Crippen LogP contribution is -2.63. The van der Waals surface area contributed by atoms with Crippen LogP contribution in [-0.2, 0) is 0 Å². The molecule has 0 aromatic heterocycles. The average Bonchev–Trinajstić information content (AvgIpc) is 1.82. The molecule has 1 saturated carbocycles. The molecule has 2 nitrogen and oxygen atoms in total. The van der Waals surface area contributed by atoms with E-state index in [1.807, 2.05) is 0 Å². The minimum absolute atomic E-state index is 0.0139. The molecular formula is C7H16N2. The van der Waals surface area contributed by atoms with Gasteiger partial charge in [0.05, 0.1) is 5.66 Å². The molecular weight excluding hydrogens is 112 g/mol. The summed E-state index contributed by atoms with van der Waals surface area (Å²) in [5.74, 6) is 0.674. The number of hydrogen-bond acceptors (Lipinski definition) is 2. The van der Waals surface area contributed by atoms with Crippen molar-refractivity contribution in [3.8, 4) is 0 Å². The third-order valence-corrected chi connectivity index (χ3v) is 2.66. The molecule has 0 spiro atoms. The predicted molar refractivity (Wildman–Crippen MR) is 39.0 cm³/mol. The molecule has 1 aliphatic rings. The summed E-state index contributed by atoms with van der Waals surface area (Å²) in [6.07, 6.45) is 2.44. The molecule has 9 heavy (non-hydrogen) atoms. The number of hydrogen-bond donors (Lipinski definition) is 1. The molecule has 0 aromatic rings. The van der Waals surface area contributed by atoms with Gasteiger partial charge < -0.3 is 5.73 Å². The second-order valence-electron chi connectivity index (χ2n) is 3.33. The van der Waals surface area contributed by atoms with E-state index in [4.69, 9.17) is 5.73 Å². The smallest absolute Gasteiger partial charge is 0.0708 e. The summed E-state index contributed by atoms with van der Waals surface area (Å²) >= 11 is 0. The maximum Gasteiger partial charge on any atom is 0.0708 e. The summed E-state index contributed by atoms with van der Waals surface area (Å²) in [4.78, 5) is 2.13. The first-order chi connectivity index (χ1) is 4.07. The second kappa shape index (κ2) is 1.96. The van der Waals surface area contributed by atoms with Crippen LogP contribution in [0.1, 0.15) is 19.8 Å².